The van der Waals surface area contributed by atoms with E-state index in [1.165, 1.54) is 75.2 Å². The van der Waals surface area contributed by atoms with Gasteiger partial charge in [-0.25, -0.2) is 18.2 Å². The molecule has 0 unspecified atom stereocenters. The number of carboxylic acid groups (broad SMARTS) is 1. The largest absolute Gasteiger partial charge is 0.481 e. The zero-order valence-electron chi connectivity index (χ0n) is 38.8. The number of carboxylic acids is 1. The minimum absolute atomic E-state index is 0.0335. The van der Waals surface area contributed by atoms with E-state index in [-0.39, 0.29) is 56.8 Å². The standard InChI is InChI=1S/C51H75N3O7S/c1-34(2)36-15-22-51(53-27-28-54-29-32-62(58,59)33-30-54)24-23-48(6)39(42(36)51)11-12-41-47(5)18-16-38(46(3,4)40(47)17-19-49(41,48)7)35-13-20-50(21-14-35,45(56)57)25-31-61-43-37(44(55)60-8)10-9-26-52-43/h9-10,13,16,26,36,39-42,53H,1,11-12,14-15,17-25,27-33H2,2-8H3,(H,56,57)/t36-,39+,40-,41+,42+,47-,48+,49+,50+,51-/m0/s1. The predicted molar refractivity (Wildman–Crippen MR) is 244 cm³/mol. The summed E-state index contributed by atoms with van der Waals surface area (Å²) in [7, 11) is -1.57. The van der Waals surface area contributed by atoms with Crippen LogP contribution >= 0.6 is 0 Å². The second-order valence-electron chi connectivity index (χ2n) is 22.3. The molecule has 4 saturated carbocycles. The summed E-state index contributed by atoms with van der Waals surface area (Å²) in [5.41, 5.74) is 4.14. The highest BCUT2D eigenvalue weighted by Crippen LogP contribution is 2.76. The molecule has 0 radical (unpaired) electrons. The zero-order chi connectivity index (χ0) is 44.5. The molecule has 7 aliphatic rings. The Kier molecular flexibility index (Phi) is 12.1. The molecule has 0 spiro atoms. The molecule has 11 heteroatoms. The first-order valence-corrected chi connectivity index (χ1v) is 25.7. The molecule has 10 nitrogen and oxygen atoms in total. The van der Waals surface area contributed by atoms with E-state index >= 15 is 0 Å². The Bertz CT molecular complexity index is 2100. The number of nitrogens with one attached hydrogen (secondary N) is 1. The second-order valence-corrected chi connectivity index (χ2v) is 24.6. The molecule has 2 N–H and O–H groups in total. The van der Waals surface area contributed by atoms with Gasteiger partial charge in [-0.15, -0.1) is 0 Å². The first kappa shape index (κ1) is 45.5. The molecule has 10 atom stereocenters. The molecule has 2 heterocycles. The Hall–Kier alpha value is -3.02. The van der Waals surface area contributed by atoms with E-state index in [4.69, 9.17) is 9.47 Å². The maximum absolute atomic E-state index is 12.9. The third-order valence-electron chi connectivity index (χ3n) is 19.4. The van der Waals surface area contributed by atoms with E-state index in [1.807, 2.05) is 0 Å². The molecule has 1 aliphatic heterocycles. The van der Waals surface area contributed by atoms with Crippen LogP contribution in [0.4, 0.5) is 0 Å². The van der Waals surface area contributed by atoms with Crippen molar-refractivity contribution in [3.8, 4) is 5.88 Å². The predicted octanol–water partition coefficient (Wildman–Crippen LogP) is 9.08. The fraction of sp³-hybridized carbons (Fsp3) is 0.745. The number of fused-ring (bicyclic) bond motifs is 7. The number of sulfone groups is 1. The van der Waals surface area contributed by atoms with E-state index in [1.54, 1.807) is 18.3 Å². The molecule has 1 aromatic heterocycles. The van der Waals surface area contributed by atoms with Crippen LogP contribution in [0.3, 0.4) is 0 Å². The molecule has 5 fully saturated rings. The van der Waals surface area contributed by atoms with E-state index in [2.05, 4.69) is 75.5 Å². The van der Waals surface area contributed by atoms with Crippen molar-refractivity contribution < 1.29 is 32.6 Å². The number of ether oxygens (including phenoxy) is 2. The normalized spacial score (nSPS) is 39.8. The first-order valence-electron chi connectivity index (χ1n) is 23.9. The number of pyridine rings is 1. The third-order valence-corrected chi connectivity index (χ3v) is 21.0. The minimum atomic E-state index is -2.89. The van der Waals surface area contributed by atoms with Gasteiger partial charge >= 0.3 is 11.9 Å². The van der Waals surface area contributed by atoms with Gasteiger partial charge in [0, 0.05) is 37.9 Å². The van der Waals surface area contributed by atoms with Crippen molar-refractivity contribution in [2.75, 3.05) is 51.4 Å². The highest BCUT2D eigenvalue weighted by molar-refractivity contribution is 7.91. The van der Waals surface area contributed by atoms with Gasteiger partial charge < -0.3 is 24.8 Å². The van der Waals surface area contributed by atoms with Crippen LogP contribution in [0, 0.1) is 56.7 Å². The number of nitrogens with zero attached hydrogens (tertiary/aromatic N) is 2. The summed E-state index contributed by atoms with van der Waals surface area (Å²) in [6.07, 6.45) is 19.4. The number of aromatic nitrogens is 1. The number of hydrogen-bond donors (Lipinski definition) is 2. The highest BCUT2D eigenvalue weighted by Gasteiger charge is 2.70. The first-order chi connectivity index (χ1) is 29.3. The summed E-state index contributed by atoms with van der Waals surface area (Å²) in [5.74, 6) is 2.33. The molecule has 1 saturated heterocycles. The van der Waals surface area contributed by atoms with Gasteiger partial charge in [-0.05, 0) is 165 Å². The van der Waals surface area contributed by atoms with Crippen LogP contribution < -0.4 is 10.1 Å². The van der Waals surface area contributed by atoms with Gasteiger partial charge in [-0.2, -0.15) is 0 Å². The number of carbonyl (C=O) groups is 2. The summed E-state index contributed by atoms with van der Waals surface area (Å²) in [6.45, 7) is 23.2. The van der Waals surface area contributed by atoms with Crippen molar-refractivity contribution in [2.45, 2.75) is 131 Å². The monoisotopic (exact) mass is 874 g/mol. The lowest BCUT2D eigenvalue weighted by atomic mass is 9.33. The maximum Gasteiger partial charge on any atom is 0.343 e. The number of allylic oxidation sites excluding steroid dienone is 5. The number of methoxy groups -OCH3 is 1. The quantitative estimate of drug-likeness (QED) is 0.155. The number of rotatable bonds is 12. The number of hydrogen-bond acceptors (Lipinski definition) is 9. The van der Waals surface area contributed by atoms with Crippen LogP contribution in [0.2, 0.25) is 0 Å². The molecule has 342 valence electrons. The Morgan fingerprint density at radius 2 is 1.71 bits per heavy atom. The zero-order valence-corrected chi connectivity index (χ0v) is 39.6. The SMILES string of the molecule is C=C(C)[C@@H]1CC[C@]2(NCCN3CCS(=O)(=O)CC3)CC[C@]3(C)[C@H](CC[C@@H]4[C@@]5(C)CC=C(C6=CC[C@@](CCOc7ncccc7C(=O)OC)(C(=O)O)CC6)C(C)(C)[C@@H]5CC[C@]43C)[C@@H]12. The lowest BCUT2D eigenvalue weighted by Crippen LogP contribution is -2.68. The van der Waals surface area contributed by atoms with Crippen LogP contribution in [-0.4, -0.2) is 92.3 Å². The Balaban J connectivity index is 0.983. The number of carbonyl (C=O) groups excluding carboxylic acids is 1. The fourth-order valence-electron chi connectivity index (χ4n) is 15.8. The van der Waals surface area contributed by atoms with E-state index in [0.717, 1.165) is 25.9 Å². The van der Waals surface area contributed by atoms with Crippen molar-refractivity contribution in [2.24, 2.45) is 56.7 Å². The molecule has 62 heavy (non-hydrogen) atoms. The third kappa shape index (κ3) is 7.43. The Morgan fingerprint density at radius 3 is 2.39 bits per heavy atom. The van der Waals surface area contributed by atoms with Gasteiger partial charge in [0.05, 0.1) is 30.6 Å². The molecule has 0 aromatic carbocycles. The average Bonchev–Trinajstić information content (AvgIpc) is 3.62. The smallest absolute Gasteiger partial charge is 0.343 e. The lowest BCUT2D eigenvalue weighted by Gasteiger charge is -2.72. The molecule has 0 amide bonds. The molecule has 8 rings (SSSR count). The van der Waals surface area contributed by atoms with Crippen molar-refractivity contribution in [3.63, 3.8) is 0 Å². The van der Waals surface area contributed by atoms with Gasteiger partial charge in [0.25, 0.3) is 0 Å². The summed E-state index contributed by atoms with van der Waals surface area (Å²) >= 11 is 0. The van der Waals surface area contributed by atoms with Crippen molar-refractivity contribution in [1.29, 1.82) is 0 Å². The van der Waals surface area contributed by atoms with Crippen LogP contribution in [0.15, 0.2) is 53.8 Å². The van der Waals surface area contributed by atoms with Crippen LogP contribution in [0.25, 0.3) is 0 Å². The molecular formula is C51H75N3O7S. The summed E-state index contributed by atoms with van der Waals surface area (Å²) in [4.78, 5) is 31.7. The van der Waals surface area contributed by atoms with Gasteiger partial charge in [0.15, 0.2) is 9.84 Å². The molecular weight excluding hydrogens is 799 g/mol. The summed E-state index contributed by atoms with van der Waals surface area (Å²) in [5, 5.41) is 14.8. The van der Waals surface area contributed by atoms with Crippen LogP contribution in [0.1, 0.15) is 135 Å². The molecule has 6 aliphatic carbocycles. The molecule has 1 aromatic rings. The van der Waals surface area contributed by atoms with E-state index in [9.17, 15) is 23.1 Å². The van der Waals surface area contributed by atoms with Gasteiger partial charge in [0.1, 0.15) is 5.56 Å². The topological polar surface area (TPSA) is 135 Å². The van der Waals surface area contributed by atoms with Crippen molar-refractivity contribution in [3.05, 3.63) is 59.3 Å². The average molecular weight is 874 g/mol. The second kappa shape index (κ2) is 16.4. The van der Waals surface area contributed by atoms with Gasteiger partial charge in [-0.3, -0.25) is 4.79 Å². The van der Waals surface area contributed by atoms with Crippen LogP contribution in [0.5, 0.6) is 5.88 Å². The van der Waals surface area contributed by atoms with Crippen molar-refractivity contribution >= 4 is 21.8 Å². The summed E-state index contributed by atoms with van der Waals surface area (Å²) < 4.78 is 35.0. The Morgan fingerprint density at radius 1 is 0.952 bits per heavy atom. The number of esters is 1. The Labute approximate surface area is 372 Å². The van der Waals surface area contributed by atoms with E-state index < -0.39 is 27.2 Å². The lowest BCUT2D eigenvalue weighted by molar-refractivity contribution is -0.221. The molecule has 0 bridgehead atoms. The summed E-state index contributed by atoms with van der Waals surface area (Å²) in [6, 6.07) is 3.25. The van der Waals surface area contributed by atoms with Crippen LogP contribution in [-0.2, 0) is 19.4 Å². The highest BCUT2D eigenvalue weighted by atomic mass is 32.2. The van der Waals surface area contributed by atoms with Gasteiger partial charge in [-0.1, -0.05) is 58.9 Å². The minimum Gasteiger partial charge on any atom is -0.481 e. The van der Waals surface area contributed by atoms with Crippen molar-refractivity contribution in [1.82, 2.24) is 15.2 Å². The van der Waals surface area contributed by atoms with E-state index in [0.29, 0.717) is 61.9 Å². The van der Waals surface area contributed by atoms with Gasteiger partial charge in [0.2, 0.25) is 5.88 Å². The fourth-order valence-corrected chi connectivity index (χ4v) is 17.1. The maximum atomic E-state index is 12.9. The number of aliphatic carboxylic acids is 1.